The Labute approximate surface area is 106 Å². The first kappa shape index (κ1) is 14.4. The van der Waals surface area contributed by atoms with Gasteiger partial charge < -0.3 is 5.32 Å². The molecule has 17 heavy (non-hydrogen) atoms. The average molecular weight is 263 g/mol. The first-order valence-electron chi connectivity index (χ1n) is 5.59. The van der Waals surface area contributed by atoms with E-state index in [1.54, 1.807) is 0 Å². The SMILES string of the molecule is C[C@H](c1c(F)cccc1F)N1CCNCC1.Cl. The third-order valence-corrected chi connectivity index (χ3v) is 3.12. The summed E-state index contributed by atoms with van der Waals surface area (Å²) >= 11 is 0. The highest BCUT2D eigenvalue weighted by molar-refractivity contribution is 5.85. The van der Waals surface area contributed by atoms with Crippen molar-refractivity contribution < 1.29 is 8.78 Å². The quantitative estimate of drug-likeness (QED) is 0.880. The highest BCUT2D eigenvalue weighted by Crippen LogP contribution is 2.25. The number of hydrogen-bond donors (Lipinski definition) is 1. The van der Waals surface area contributed by atoms with E-state index in [1.807, 2.05) is 6.92 Å². The zero-order valence-corrected chi connectivity index (χ0v) is 10.6. The van der Waals surface area contributed by atoms with E-state index in [2.05, 4.69) is 10.2 Å². The fourth-order valence-corrected chi connectivity index (χ4v) is 2.16. The molecule has 0 radical (unpaired) electrons. The molecular weight excluding hydrogens is 246 g/mol. The van der Waals surface area contributed by atoms with Crippen LogP contribution in [0.2, 0.25) is 0 Å². The molecule has 0 unspecified atom stereocenters. The summed E-state index contributed by atoms with van der Waals surface area (Å²) in [6.45, 7) is 5.26. The molecule has 2 rings (SSSR count). The molecule has 1 aliphatic heterocycles. The molecular formula is C12H17ClF2N2. The van der Waals surface area contributed by atoms with Gasteiger partial charge >= 0.3 is 0 Å². The van der Waals surface area contributed by atoms with Gasteiger partial charge in [-0.05, 0) is 19.1 Å². The van der Waals surface area contributed by atoms with E-state index in [-0.39, 0.29) is 24.0 Å². The van der Waals surface area contributed by atoms with E-state index in [0.29, 0.717) is 0 Å². The number of piperazine rings is 1. The maximum absolute atomic E-state index is 13.6. The second kappa shape index (κ2) is 6.28. The third-order valence-electron chi connectivity index (χ3n) is 3.12. The van der Waals surface area contributed by atoms with Crippen molar-refractivity contribution in [1.29, 1.82) is 0 Å². The van der Waals surface area contributed by atoms with Crippen LogP contribution in [-0.4, -0.2) is 31.1 Å². The summed E-state index contributed by atoms with van der Waals surface area (Å²) in [6.07, 6.45) is 0. The van der Waals surface area contributed by atoms with Crippen LogP contribution in [0.5, 0.6) is 0 Å². The molecule has 0 aliphatic carbocycles. The van der Waals surface area contributed by atoms with E-state index in [9.17, 15) is 8.78 Å². The van der Waals surface area contributed by atoms with E-state index in [0.717, 1.165) is 26.2 Å². The monoisotopic (exact) mass is 262 g/mol. The Morgan fingerprint density at radius 1 is 1.18 bits per heavy atom. The molecule has 0 spiro atoms. The number of rotatable bonds is 2. The van der Waals surface area contributed by atoms with Gasteiger partial charge in [0.25, 0.3) is 0 Å². The van der Waals surface area contributed by atoms with Gasteiger partial charge in [0.05, 0.1) is 0 Å². The predicted octanol–water partition coefficient (Wildman–Crippen LogP) is 2.35. The van der Waals surface area contributed by atoms with Crippen LogP contribution in [0.15, 0.2) is 18.2 Å². The van der Waals surface area contributed by atoms with Crippen molar-refractivity contribution in [3.8, 4) is 0 Å². The molecule has 0 aromatic heterocycles. The average Bonchev–Trinajstić information content (AvgIpc) is 2.30. The summed E-state index contributed by atoms with van der Waals surface area (Å²) in [5.41, 5.74) is 0.185. The normalized spacial score (nSPS) is 18.5. The van der Waals surface area contributed by atoms with Crippen LogP contribution >= 0.6 is 12.4 Å². The van der Waals surface area contributed by atoms with Crippen LogP contribution in [0.25, 0.3) is 0 Å². The van der Waals surface area contributed by atoms with Gasteiger partial charge in [-0.25, -0.2) is 8.78 Å². The van der Waals surface area contributed by atoms with Crippen molar-refractivity contribution in [2.24, 2.45) is 0 Å². The summed E-state index contributed by atoms with van der Waals surface area (Å²) in [7, 11) is 0. The highest BCUT2D eigenvalue weighted by Gasteiger charge is 2.23. The number of halogens is 3. The highest BCUT2D eigenvalue weighted by atomic mass is 35.5. The Hall–Kier alpha value is -0.710. The molecule has 1 saturated heterocycles. The lowest BCUT2D eigenvalue weighted by Crippen LogP contribution is -2.44. The van der Waals surface area contributed by atoms with Gasteiger partial charge in [-0.1, -0.05) is 6.07 Å². The van der Waals surface area contributed by atoms with Crippen molar-refractivity contribution in [3.63, 3.8) is 0 Å². The molecule has 96 valence electrons. The minimum atomic E-state index is -0.453. The lowest BCUT2D eigenvalue weighted by atomic mass is 10.0. The minimum Gasteiger partial charge on any atom is -0.314 e. The topological polar surface area (TPSA) is 15.3 Å². The third kappa shape index (κ3) is 3.15. The van der Waals surface area contributed by atoms with E-state index >= 15 is 0 Å². The number of benzene rings is 1. The molecule has 0 amide bonds. The van der Waals surface area contributed by atoms with Gasteiger partial charge in [-0.2, -0.15) is 0 Å². The van der Waals surface area contributed by atoms with Crippen LogP contribution in [0.3, 0.4) is 0 Å². The first-order valence-corrected chi connectivity index (χ1v) is 5.59. The maximum Gasteiger partial charge on any atom is 0.130 e. The summed E-state index contributed by atoms with van der Waals surface area (Å²) in [4.78, 5) is 2.10. The Balaban J connectivity index is 0.00000144. The van der Waals surface area contributed by atoms with Gasteiger partial charge in [0.15, 0.2) is 0 Å². The lowest BCUT2D eigenvalue weighted by Gasteiger charge is -2.33. The van der Waals surface area contributed by atoms with Crippen molar-refractivity contribution in [3.05, 3.63) is 35.4 Å². The molecule has 0 saturated carbocycles. The molecule has 1 fully saturated rings. The van der Waals surface area contributed by atoms with E-state index < -0.39 is 11.6 Å². The van der Waals surface area contributed by atoms with Crippen LogP contribution in [-0.2, 0) is 0 Å². The zero-order chi connectivity index (χ0) is 11.5. The smallest absolute Gasteiger partial charge is 0.130 e. The van der Waals surface area contributed by atoms with E-state index in [4.69, 9.17) is 0 Å². The molecule has 1 heterocycles. The number of nitrogens with one attached hydrogen (secondary N) is 1. The maximum atomic E-state index is 13.6. The van der Waals surface area contributed by atoms with Crippen LogP contribution in [0, 0.1) is 11.6 Å². The van der Waals surface area contributed by atoms with Crippen molar-refractivity contribution in [2.75, 3.05) is 26.2 Å². The Bertz CT molecular complexity index is 347. The fourth-order valence-electron chi connectivity index (χ4n) is 2.16. The molecule has 1 aromatic rings. The molecule has 1 aliphatic rings. The van der Waals surface area contributed by atoms with Crippen molar-refractivity contribution in [2.45, 2.75) is 13.0 Å². The molecule has 5 heteroatoms. The number of nitrogens with zero attached hydrogens (tertiary/aromatic N) is 1. The summed E-state index contributed by atoms with van der Waals surface area (Å²) < 4.78 is 27.1. The van der Waals surface area contributed by atoms with Crippen LogP contribution in [0.4, 0.5) is 8.78 Å². The van der Waals surface area contributed by atoms with Gasteiger partial charge in [0, 0.05) is 37.8 Å². The second-order valence-electron chi connectivity index (χ2n) is 4.10. The van der Waals surface area contributed by atoms with Gasteiger partial charge in [0.1, 0.15) is 11.6 Å². The van der Waals surface area contributed by atoms with Gasteiger partial charge in [0.2, 0.25) is 0 Å². The Morgan fingerprint density at radius 2 is 1.71 bits per heavy atom. The molecule has 2 nitrogen and oxygen atoms in total. The summed E-state index contributed by atoms with van der Waals surface area (Å²) in [6, 6.07) is 3.83. The standard InChI is InChI=1S/C12H16F2N2.ClH/c1-9(16-7-5-15-6-8-16)12-10(13)3-2-4-11(12)14;/h2-4,9,15H,5-8H2,1H3;1H/t9-;/m1./s1. The lowest BCUT2D eigenvalue weighted by molar-refractivity contribution is 0.179. The van der Waals surface area contributed by atoms with Crippen molar-refractivity contribution >= 4 is 12.4 Å². The van der Waals surface area contributed by atoms with Gasteiger partial charge in [-0.3, -0.25) is 4.90 Å². The predicted molar refractivity (Wildman–Crippen MR) is 66.5 cm³/mol. The zero-order valence-electron chi connectivity index (χ0n) is 9.75. The second-order valence-corrected chi connectivity index (χ2v) is 4.10. The number of hydrogen-bond acceptors (Lipinski definition) is 2. The first-order chi connectivity index (χ1) is 7.70. The summed E-state index contributed by atoms with van der Waals surface area (Å²) in [5, 5.41) is 3.22. The fraction of sp³-hybridized carbons (Fsp3) is 0.500. The summed E-state index contributed by atoms with van der Waals surface area (Å²) in [5.74, 6) is -0.905. The molecule has 1 atom stereocenters. The Morgan fingerprint density at radius 3 is 2.24 bits per heavy atom. The molecule has 0 bridgehead atoms. The molecule has 1 N–H and O–H groups in total. The molecule has 1 aromatic carbocycles. The van der Waals surface area contributed by atoms with Crippen molar-refractivity contribution in [1.82, 2.24) is 10.2 Å². The van der Waals surface area contributed by atoms with Crippen LogP contribution < -0.4 is 5.32 Å². The largest absolute Gasteiger partial charge is 0.314 e. The van der Waals surface area contributed by atoms with Crippen LogP contribution in [0.1, 0.15) is 18.5 Å². The van der Waals surface area contributed by atoms with E-state index in [1.165, 1.54) is 18.2 Å². The minimum absolute atomic E-state index is 0. The Kier molecular flexibility index (Phi) is 5.31. The van der Waals surface area contributed by atoms with Gasteiger partial charge in [-0.15, -0.1) is 12.4 Å².